The Morgan fingerprint density at radius 3 is 2.70 bits per heavy atom. The van der Waals surface area contributed by atoms with Crippen LogP contribution in [-0.2, 0) is 16.2 Å². The first-order valence-electron chi connectivity index (χ1n) is 5.86. The van der Waals surface area contributed by atoms with Crippen molar-refractivity contribution in [1.29, 1.82) is 0 Å². The van der Waals surface area contributed by atoms with Crippen LogP contribution in [0.5, 0.6) is 0 Å². The summed E-state index contributed by atoms with van der Waals surface area (Å²) in [6.45, 7) is 0. The second-order valence-corrected chi connectivity index (χ2v) is 7.43. The van der Waals surface area contributed by atoms with Gasteiger partial charge in [0.15, 0.2) is 5.69 Å². The largest absolute Gasteiger partial charge is 0.434 e. The maximum Gasteiger partial charge on any atom is 0.434 e. The van der Waals surface area contributed by atoms with Gasteiger partial charge < -0.3 is 0 Å². The number of hydrogen-bond donors (Lipinski definition) is 2. The van der Waals surface area contributed by atoms with Crippen molar-refractivity contribution in [3.63, 3.8) is 0 Å². The number of rotatable bonds is 3. The van der Waals surface area contributed by atoms with Gasteiger partial charge in [-0.05, 0) is 12.1 Å². The molecular weight excluding hydrogens is 377 g/mol. The summed E-state index contributed by atoms with van der Waals surface area (Å²) in [6, 6.07) is 4.56. The van der Waals surface area contributed by atoms with E-state index in [2.05, 4.69) is 19.9 Å². The highest BCUT2D eigenvalue weighted by Gasteiger charge is 2.35. The van der Waals surface area contributed by atoms with E-state index in [1.165, 1.54) is 12.1 Å². The van der Waals surface area contributed by atoms with Crippen LogP contribution in [0, 0.1) is 0 Å². The first-order valence-corrected chi connectivity index (χ1v) is 8.61. The fourth-order valence-corrected chi connectivity index (χ4v) is 4.07. The summed E-state index contributed by atoms with van der Waals surface area (Å²) >= 11 is 6.23. The summed E-state index contributed by atoms with van der Waals surface area (Å²) in [5.74, 6) is 0. The van der Waals surface area contributed by atoms with Crippen molar-refractivity contribution in [3.05, 3.63) is 34.4 Å². The second kappa shape index (κ2) is 5.35. The Labute approximate surface area is 136 Å². The molecule has 0 saturated carbocycles. The van der Waals surface area contributed by atoms with Gasteiger partial charge in [-0.3, -0.25) is 9.82 Å². The fourth-order valence-electron chi connectivity index (χ4n) is 1.79. The highest BCUT2D eigenvalue weighted by atomic mass is 35.5. The summed E-state index contributed by atoms with van der Waals surface area (Å²) in [5.41, 5.74) is -0.938. The third-order valence-electron chi connectivity index (χ3n) is 2.79. The van der Waals surface area contributed by atoms with Gasteiger partial charge >= 0.3 is 6.18 Å². The van der Waals surface area contributed by atoms with Crippen molar-refractivity contribution in [1.82, 2.24) is 15.2 Å². The molecule has 0 radical (unpaired) electrons. The monoisotopic (exact) mass is 382 g/mol. The van der Waals surface area contributed by atoms with Gasteiger partial charge in [0.25, 0.3) is 10.0 Å². The van der Waals surface area contributed by atoms with E-state index >= 15 is 0 Å². The van der Waals surface area contributed by atoms with Crippen LogP contribution >= 0.6 is 22.9 Å². The lowest BCUT2D eigenvalue weighted by atomic mass is 10.2. The molecule has 1 aromatic carbocycles. The minimum Gasteiger partial charge on any atom is -0.275 e. The van der Waals surface area contributed by atoms with E-state index < -0.39 is 26.2 Å². The van der Waals surface area contributed by atoms with E-state index in [4.69, 9.17) is 11.6 Å². The maximum absolute atomic E-state index is 12.5. The number of benzene rings is 1. The number of hydrogen-bond acceptors (Lipinski definition) is 5. The molecule has 23 heavy (non-hydrogen) atoms. The van der Waals surface area contributed by atoms with Gasteiger partial charge in [-0.15, -0.1) is 11.3 Å². The predicted molar refractivity (Wildman–Crippen MR) is 79.0 cm³/mol. The molecule has 0 fully saturated rings. The average Bonchev–Trinajstić information content (AvgIpc) is 3.07. The first kappa shape index (κ1) is 16.0. The third kappa shape index (κ3) is 2.99. The zero-order valence-electron chi connectivity index (χ0n) is 10.8. The van der Waals surface area contributed by atoms with Gasteiger partial charge in [-0.25, -0.2) is 4.98 Å². The van der Waals surface area contributed by atoms with Gasteiger partial charge in [-0.2, -0.15) is 26.7 Å². The van der Waals surface area contributed by atoms with Crippen molar-refractivity contribution in [3.8, 4) is 0 Å². The molecule has 12 heteroatoms. The molecule has 2 aromatic heterocycles. The van der Waals surface area contributed by atoms with Crippen molar-refractivity contribution < 1.29 is 21.6 Å². The Morgan fingerprint density at radius 1 is 1.30 bits per heavy atom. The number of para-hydroxylation sites is 1. The quantitative estimate of drug-likeness (QED) is 0.725. The molecule has 0 saturated heterocycles. The number of fused-ring (bicyclic) bond motifs is 1. The van der Waals surface area contributed by atoms with Crippen LogP contribution in [0.15, 0.2) is 27.9 Å². The van der Waals surface area contributed by atoms with Crippen molar-refractivity contribution in [2.45, 2.75) is 10.5 Å². The van der Waals surface area contributed by atoms with Gasteiger partial charge in [0.2, 0.25) is 4.34 Å². The van der Waals surface area contributed by atoms with Gasteiger partial charge in [0.1, 0.15) is 10.7 Å². The Morgan fingerprint density at radius 2 is 2.04 bits per heavy atom. The number of nitrogens with zero attached hydrogens (tertiary/aromatic N) is 2. The highest BCUT2D eigenvalue weighted by Crippen LogP contribution is 2.33. The van der Waals surface area contributed by atoms with Crippen LogP contribution in [0.25, 0.3) is 10.9 Å². The molecule has 0 atom stereocenters. The minimum atomic E-state index is -4.71. The molecule has 3 aromatic rings. The van der Waals surface area contributed by atoms with E-state index in [1.54, 1.807) is 6.07 Å². The molecule has 0 aliphatic heterocycles. The zero-order valence-corrected chi connectivity index (χ0v) is 13.2. The lowest BCUT2D eigenvalue weighted by Gasteiger charge is -2.06. The number of halogens is 4. The zero-order chi connectivity index (χ0) is 16.8. The molecular formula is C11H6ClF3N4O2S2. The fraction of sp³-hybridized carbons (Fsp3) is 0.0909. The SMILES string of the molecule is O=S(=O)(Nc1cccc2c(Cl)[nH]nc12)c1nc(C(F)(F)F)cs1. The standard InChI is InChI=1S/C11H6ClF3N4O2S2/c12-9-5-2-1-3-6(8(5)17-18-9)19-23(20,21)10-16-7(4-22-10)11(13,14)15/h1-4,19H,(H,17,18). The Bertz CT molecular complexity index is 981. The van der Waals surface area contributed by atoms with Gasteiger partial charge in [0, 0.05) is 10.8 Å². The topological polar surface area (TPSA) is 87.7 Å². The molecule has 0 aliphatic rings. The summed E-state index contributed by atoms with van der Waals surface area (Å²) in [7, 11) is -4.27. The maximum atomic E-state index is 12.5. The number of anilines is 1. The number of nitrogens with one attached hydrogen (secondary N) is 2. The third-order valence-corrected chi connectivity index (χ3v) is 5.69. The molecule has 0 bridgehead atoms. The Hall–Kier alpha value is -1.85. The molecule has 0 amide bonds. The van der Waals surface area contributed by atoms with Crippen molar-refractivity contribution in [2.24, 2.45) is 0 Å². The molecule has 3 rings (SSSR count). The van der Waals surface area contributed by atoms with Crippen LogP contribution in [0.4, 0.5) is 18.9 Å². The van der Waals surface area contributed by atoms with E-state index in [0.717, 1.165) is 0 Å². The molecule has 6 nitrogen and oxygen atoms in total. The van der Waals surface area contributed by atoms with Crippen LogP contribution in [0.3, 0.4) is 0 Å². The highest BCUT2D eigenvalue weighted by molar-refractivity contribution is 7.94. The second-order valence-electron chi connectivity index (χ2n) is 4.34. The number of thiazole rings is 1. The number of H-pyrrole nitrogens is 1. The summed E-state index contributed by atoms with van der Waals surface area (Å²) in [5, 5.41) is 7.68. The molecule has 0 aliphatic carbocycles. The van der Waals surface area contributed by atoms with Gasteiger partial charge in [-0.1, -0.05) is 17.7 Å². The summed E-state index contributed by atoms with van der Waals surface area (Å²) in [6.07, 6.45) is -4.71. The molecule has 2 heterocycles. The predicted octanol–water partition coefficient (Wildman–Crippen LogP) is 3.49. The van der Waals surface area contributed by atoms with Crippen LogP contribution in [0.1, 0.15) is 5.69 Å². The van der Waals surface area contributed by atoms with Crippen LogP contribution in [0.2, 0.25) is 5.15 Å². The number of aromatic amines is 1. The normalized spacial score (nSPS) is 12.7. The molecule has 0 unspecified atom stereocenters. The number of alkyl halides is 3. The van der Waals surface area contributed by atoms with Crippen LogP contribution < -0.4 is 4.72 Å². The Kier molecular flexibility index (Phi) is 3.73. The van der Waals surface area contributed by atoms with Crippen molar-refractivity contribution in [2.75, 3.05) is 4.72 Å². The average molecular weight is 383 g/mol. The van der Waals surface area contributed by atoms with Crippen molar-refractivity contribution >= 4 is 49.6 Å². The van der Waals surface area contributed by atoms with E-state index in [-0.39, 0.29) is 16.4 Å². The minimum absolute atomic E-state index is 0.0782. The smallest absolute Gasteiger partial charge is 0.275 e. The number of sulfonamides is 1. The first-order chi connectivity index (χ1) is 10.7. The van der Waals surface area contributed by atoms with E-state index in [1.807, 2.05) is 0 Å². The lowest BCUT2D eigenvalue weighted by Crippen LogP contribution is -2.14. The Balaban J connectivity index is 1.99. The summed E-state index contributed by atoms with van der Waals surface area (Å²) < 4.78 is 63.4. The van der Waals surface area contributed by atoms with Gasteiger partial charge in [0.05, 0.1) is 5.69 Å². The molecule has 2 N–H and O–H groups in total. The van der Waals surface area contributed by atoms with E-state index in [0.29, 0.717) is 22.1 Å². The molecule has 0 spiro atoms. The molecule has 122 valence electrons. The number of aromatic nitrogens is 3. The van der Waals surface area contributed by atoms with Crippen LogP contribution in [-0.4, -0.2) is 23.6 Å². The summed E-state index contributed by atoms with van der Waals surface area (Å²) in [4.78, 5) is 3.12. The van der Waals surface area contributed by atoms with E-state index in [9.17, 15) is 21.6 Å². The lowest BCUT2D eigenvalue weighted by molar-refractivity contribution is -0.141.